The van der Waals surface area contributed by atoms with E-state index in [0.717, 1.165) is 6.61 Å². The molecule has 0 radical (unpaired) electrons. The molecule has 1 aliphatic rings. The van der Waals surface area contributed by atoms with E-state index in [4.69, 9.17) is 10.5 Å². The van der Waals surface area contributed by atoms with Crippen LogP contribution in [0.5, 0.6) is 0 Å². The van der Waals surface area contributed by atoms with Gasteiger partial charge in [0.05, 0.1) is 6.61 Å². The van der Waals surface area contributed by atoms with Gasteiger partial charge >= 0.3 is 0 Å². The van der Waals surface area contributed by atoms with Gasteiger partial charge in [-0.2, -0.15) is 0 Å². The first-order valence-corrected chi connectivity index (χ1v) is 5.77. The van der Waals surface area contributed by atoms with Crippen LogP contribution in [0.25, 0.3) is 6.08 Å². The second-order valence-electron chi connectivity index (χ2n) is 4.48. The minimum atomic E-state index is 0.293. The molecule has 0 aliphatic heterocycles. The molecule has 2 heteroatoms. The van der Waals surface area contributed by atoms with Crippen molar-refractivity contribution in [1.82, 2.24) is 0 Å². The van der Waals surface area contributed by atoms with Crippen LogP contribution in [0.1, 0.15) is 24.0 Å². The third-order valence-electron chi connectivity index (χ3n) is 3.22. The van der Waals surface area contributed by atoms with Crippen LogP contribution in [0.15, 0.2) is 30.3 Å². The highest BCUT2D eigenvalue weighted by molar-refractivity contribution is 5.52. The fourth-order valence-corrected chi connectivity index (χ4v) is 2.12. The molecule has 0 aromatic heterocycles. The second-order valence-corrected chi connectivity index (χ2v) is 4.48. The highest BCUT2D eigenvalue weighted by atomic mass is 16.5. The lowest BCUT2D eigenvalue weighted by molar-refractivity contribution is 0.171. The molecule has 0 atom stereocenters. The van der Waals surface area contributed by atoms with Gasteiger partial charge in [0.15, 0.2) is 0 Å². The van der Waals surface area contributed by atoms with Crippen molar-refractivity contribution in [3.8, 4) is 0 Å². The van der Waals surface area contributed by atoms with E-state index < -0.39 is 0 Å². The Bertz CT molecular complexity index is 380. The highest BCUT2D eigenvalue weighted by Crippen LogP contribution is 2.48. The summed E-state index contributed by atoms with van der Waals surface area (Å²) >= 11 is 0. The van der Waals surface area contributed by atoms with Crippen LogP contribution in [-0.2, 0) is 10.2 Å². The molecule has 0 bridgehead atoms. The maximum absolute atomic E-state index is 5.45. The number of rotatable bonds is 5. The van der Waals surface area contributed by atoms with Crippen LogP contribution in [-0.4, -0.2) is 20.3 Å². The number of ether oxygens (including phenoxy) is 1. The maximum atomic E-state index is 5.45. The Morgan fingerprint density at radius 2 is 2.25 bits per heavy atom. The lowest BCUT2D eigenvalue weighted by Crippen LogP contribution is -2.13. The molecule has 0 saturated heterocycles. The monoisotopic (exact) mass is 217 g/mol. The van der Waals surface area contributed by atoms with Crippen molar-refractivity contribution in [2.75, 3.05) is 20.3 Å². The molecule has 2 N–H and O–H groups in total. The molecule has 1 aliphatic carbocycles. The average Bonchev–Trinajstić information content (AvgIpc) is 3.08. The summed E-state index contributed by atoms with van der Waals surface area (Å²) in [5.41, 5.74) is 8.37. The van der Waals surface area contributed by atoms with E-state index in [-0.39, 0.29) is 0 Å². The van der Waals surface area contributed by atoms with E-state index in [0.29, 0.717) is 12.0 Å². The van der Waals surface area contributed by atoms with Crippen LogP contribution < -0.4 is 5.73 Å². The molecular weight excluding hydrogens is 198 g/mol. The Morgan fingerprint density at radius 1 is 1.44 bits per heavy atom. The molecule has 2 rings (SSSR count). The van der Waals surface area contributed by atoms with Gasteiger partial charge in [-0.1, -0.05) is 36.4 Å². The van der Waals surface area contributed by atoms with Crippen molar-refractivity contribution in [1.29, 1.82) is 0 Å². The number of hydrogen-bond donors (Lipinski definition) is 1. The molecule has 0 spiro atoms. The minimum absolute atomic E-state index is 0.293. The van der Waals surface area contributed by atoms with Gasteiger partial charge in [-0.15, -0.1) is 0 Å². The molecule has 1 aromatic rings. The van der Waals surface area contributed by atoms with Gasteiger partial charge in [-0.25, -0.2) is 0 Å². The highest BCUT2D eigenvalue weighted by Gasteiger charge is 2.44. The molecule has 1 aromatic carbocycles. The van der Waals surface area contributed by atoms with Crippen molar-refractivity contribution < 1.29 is 4.74 Å². The zero-order valence-corrected chi connectivity index (χ0v) is 9.78. The summed E-state index contributed by atoms with van der Waals surface area (Å²) in [5, 5.41) is 0. The molecule has 1 saturated carbocycles. The average molecular weight is 217 g/mol. The summed E-state index contributed by atoms with van der Waals surface area (Å²) in [6.45, 7) is 1.42. The quantitative estimate of drug-likeness (QED) is 0.821. The van der Waals surface area contributed by atoms with Gasteiger partial charge < -0.3 is 10.5 Å². The topological polar surface area (TPSA) is 35.2 Å². The second kappa shape index (κ2) is 4.81. The van der Waals surface area contributed by atoms with E-state index in [2.05, 4.69) is 30.3 Å². The molecular formula is C14H19NO. The Morgan fingerprint density at radius 3 is 2.88 bits per heavy atom. The van der Waals surface area contributed by atoms with Crippen LogP contribution in [0.2, 0.25) is 0 Å². The number of benzene rings is 1. The van der Waals surface area contributed by atoms with E-state index in [1.165, 1.54) is 24.0 Å². The zero-order valence-electron chi connectivity index (χ0n) is 9.78. The smallest absolute Gasteiger partial charge is 0.0559 e. The minimum Gasteiger partial charge on any atom is -0.384 e. The van der Waals surface area contributed by atoms with Crippen LogP contribution in [0.4, 0.5) is 0 Å². The summed E-state index contributed by atoms with van der Waals surface area (Å²) in [4.78, 5) is 0. The van der Waals surface area contributed by atoms with Crippen molar-refractivity contribution in [2.24, 2.45) is 5.73 Å². The summed E-state index contributed by atoms with van der Waals surface area (Å²) in [7, 11) is 1.78. The van der Waals surface area contributed by atoms with Crippen molar-refractivity contribution in [2.45, 2.75) is 18.3 Å². The van der Waals surface area contributed by atoms with Crippen molar-refractivity contribution in [3.63, 3.8) is 0 Å². The Kier molecular flexibility index (Phi) is 3.42. The van der Waals surface area contributed by atoms with Gasteiger partial charge in [-0.3, -0.25) is 0 Å². The van der Waals surface area contributed by atoms with Gasteiger partial charge in [0, 0.05) is 19.1 Å². The predicted molar refractivity (Wildman–Crippen MR) is 67.3 cm³/mol. The summed E-state index contributed by atoms with van der Waals surface area (Å²) in [5.74, 6) is 0. The number of hydrogen-bond acceptors (Lipinski definition) is 2. The Balaban J connectivity index is 2.19. The largest absolute Gasteiger partial charge is 0.384 e. The standard InChI is InChI=1S/C14H19NO/c1-16-11-14(7-8-14)13-6-2-4-12(10-13)5-3-9-15/h2-6,10H,7-9,11,15H2,1H3/b5-3+. The van der Waals surface area contributed by atoms with Gasteiger partial charge in [0.25, 0.3) is 0 Å². The molecule has 2 nitrogen and oxygen atoms in total. The molecule has 0 heterocycles. The lowest BCUT2D eigenvalue weighted by Gasteiger charge is -2.14. The fourth-order valence-electron chi connectivity index (χ4n) is 2.12. The number of nitrogens with two attached hydrogens (primary N) is 1. The van der Waals surface area contributed by atoms with Gasteiger partial charge in [0.1, 0.15) is 0 Å². The SMILES string of the molecule is COCC1(c2cccc(/C=C/CN)c2)CC1. The normalized spacial score (nSPS) is 17.9. The van der Waals surface area contributed by atoms with Crippen LogP contribution in [0, 0.1) is 0 Å². The lowest BCUT2D eigenvalue weighted by atomic mass is 9.95. The van der Waals surface area contributed by atoms with E-state index >= 15 is 0 Å². The fraction of sp³-hybridized carbons (Fsp3) is 0.429. The third-order valence-corrected chi connectivity index (χ3v) is 3.22. The van der Waals surface area contributed by atoms with Crippen molar-refractivity contribution in [3.05, 3.63) is 41.5 Å². The maximum Gasteiger partial charge on any atom is 0.0559 e. The van der Waals surface area contributed by atoms with Gasteiger partial charge in [-0.05, 0) is 24.0 Å². The molecule has 16 heavy (non-hydrogen) atoms. The first kappa shape index (κ1) is 11.4. The van der Waals surface area contributed by atoms with E-state index in [1.807, 2.05) is 6.08 Å². The Hall–Kier alpha value is -1.12. The third kappa shape index (κ3) is 2.34. The van der Waals surface area contributed by atoms with Gasteiger partial charge in [0.2, 0.25) is 0 Å². The van der Waals surface area contributed by atoms with Crippen LogP contribution in [0.3, 0.4) is 0 Å². The van der Waals surface area contributed by atoms with E-state index in [9.17, 15) is 0 Å². The van der Waals surface area contributed by atoms with Crippen molar-refractivity contribution >= 4 is 6.08 Å². The molecule has 0 amide bonds. The first-order chi connectivity index (χ1) is 7.80. The Labute approximate surface area is 97.1 Å². The van der Waals surface area contributed by atoms with E-state index in [1.54, 1.807) is 7.11 Å². The summed E-state index contributed by atoms with van der Waals surface area (Å²) in [6.07, 6.45) is 6.54. The predicted octanol–water partition coefficient (Wildman–Crippen LogP) is 2.34. The van der Waals surface area contributed by atoms with Crippen LogP contribution >= 0.6 is 0 Å². The first-order valence-electron chi connectivity index (χ1n) is 5.77. The molecule has 86 valence electrons. The number of methoxy groups -OCH3 is 1. The summed E-state index contributed by atoms with van der Waals surface area (Å²) < 4.78 is 5.31. The molecule has 0 unspecified atom stereocenters. The molecule has 1 fully saturated rings. The summed E-state index contributed by atoms with van der Waals surface area (Å²) in [6, 6.07) is 8.67. The zero-order chi connectivity index (χ0) is 11.4.